The van der Waals surface area contributed by atoms with Gasteiger partial charge in [-0.25, -0.2) is 4.98 Å². The summed E-state index contributed by atoms with van der Waals surface area (Å²) < 4.78 is 1.19. The minimum absolute atomic E-state index is 0.201. The van der Waals surface area contributed by atoms with Crippen LogP contribution in [0.2, 0.25) is 0 Å². The van der Waals surface area contributed by atoms with Crippen LogP contribution in [0.3, 0.4) is 0 Å². The topological polar surface area (TPSA) is 50.2 Å². The first-order chi connectivity index (χ1) is 9.94. The van der Waals surface area contributed by atoms with Crippen molar-refractivity contribution in [3.05, 3.63) is 29.3 Å². The highest BCUT2D eigenvalue weighted by Crippen LogP contribution is 2.43. The molecule has 2 aromatic rings. The first kappa shape index (κ1) is 14.5. The molecule has 2 unspecified atom stereocenters. The lowest BCUT2D eigenvalue weighted by atomic mass is 9.66. The first-order valence-electron chi connectivity index (χ1n) is 7.52. The summed E-state index contributed by atoms with van der Waals surface area (Å²) in [5, 5.41) is 10.6. The summed E-state index contributed by atoms with van der Waals surface area (Å²) in [5.41, 5.74) is 1.27. The van der Waals surface area contributed by atoms with E-state index in [9.17, 15) is 9.90 Å². The Bertz CT molecular complexity index is 629. The van der Waals surface area contributed by atoms with Gasteiger partial charge in [-0.15, -0.1) is 11.3 Å². The van der Waals surface area contributed by atoms with Crippen molar-refractivity contribution >= 4 is 27.5 Å². The molecular formula is C17H21NO2S. The van der Waals surface area contributed by atoms with Gasteiger partial charge >= 0.3 is 5.97 Å². The predicted molar refractivity (Wildman–Crippen MR) is 85.6 cm³/mol. The Kier molecular flexibility index (Phi) is 3.74. The number of carboxylic acid groups (broad SMARTS) is 1. The van der Waals surface area contributed by atoms with E-state index in [1.165, 1.54) is 4.70 Å². The summed E-state index contributed by atoms with van der Waals surface area (Å²) in [4.78, 5) is 16.2. The number of hydrogen-bond donors (Lipinski definition) is 1. The third kappa shape index (κ3) is 3.10. The van der Waals surface area contributed by atoms with Crippen LogP contribution in [0.5, 0.6) is 0 Å². The van der Waals surface area contributed by atoms with Crippen LogP contribution in [-0.4, -0.2) is 16.1 Å². The highest BCUT2D eigenvalue weighted by molar-refractivity contribution is 7.18. The van der Waals surface area contributed by atoms with Gasteiger partial charge in [-0.05, 0) is 42.7 Å². The van der Waals surface area contributed by atoms with Gasteiger partial charge < -0.3 is 5.11 Å². The van der Waals surface area contributed by atoms with E-state index in [0.29, 0.717) is 0 Å². The summed E-state index contributed by atoms with van der Waals surface area (Å²) in [7, 11) is 0. The van der Waals surface area contributed by atoms with Crippen LogP contribution in [0.1, 0.15) is 38.1 Å². The number of carboxylic acids is 1. The van der Waals surface area contributed by atoms with Crippen molar-refractivity contribution < 1.29 is 9.90 Å². The summed E-state index contributed by atoms with van der Waals surface area (Å²) >= 11 is 1.70. The largest absolute Gasteiger partial charge is 0.481 e. The molecule has 21 heavy (non-hydrogen) atoms. The fraction of sp³-hybridized carbons (Fsp3) is 0.529. The molecule has 1 N–H and O–H groups in total. The molecule has 0 amide bonds. The van der Waals surface area contributed by atoms with E-state index in [4.69, 9.17) is 0 Å². The maximum atomic E-state index is 11.5. The van der Waals surface area contributed by atoms with Crippen LogP contribution in [0, 0.1) is 17.3 Å². The third-order valence-electron chi connectivity index (χ3n) is 4.61. The maximum absolute atomic E-state index is 11.5. The standard InChI is InChI=1S/C17H21NO2S/c1-17(2)8-7-12(16(19)20)11(10-17)9-15-18-13-5-3-4-6-14(13)21-15/h3-6,11-12H,7-10H2,1-2H3,(H,19,20). The molecule has 0 bridgehead atoms. The molecule has 4 heteroatoms. The van der Waals surface area contributed by atoms with Gasteiger partial charge in [0.2, 0.25) is 0 Å². The molecule has 3 rings (SSSR count). The number of thiazole rings is 1. The molecule has 1 fully saturated rings. The number of benzene rings is 1. The average Bonchev–Trinajstić information content (AvgIpc) is 2.79. The Balaban J connectivity index is 1.84. The van der Waals surface area contributed by atoms with Crippen LogP contribution in [0.4, 0.5) is 0 Å². The van der Waals surface area contributed by atoms with Crippen LogP contribution >= 0.6 is 11.3 Å². The summed E-state index contributed by atoms with van der Waals surface area (Å²) in [6.45, 7) is 4.49. The smallest absolute Gasteiger partial charge is 0.306 e. The average molecular weight is 303 g/mol. The molecule has 1 aliphatic rings. The zero-order chi connectivity index (χ0) is 15.0. The number of hydrogen-bond acceptors (Lipinski definition) is 3. The van der Waals surface area contributed by atoms with Crippen molar-refractivity contribution in [2.75, 3.05) is 0 Å². The quantitative estimate of drug-likeness (QED) is 0.916. The lowest BCUT2D eigenvalue weighted by Gasteiger charge is -2.38. The van der Waals surface area contributed by atoms with Crippen molar-refractivity contribution in [1.29, 1.82) is 0 Å². The van der Waals surface area contributed by atoms with Crippen molar-refractivity contribution in [3.8, 4) is 0 Å². The molecule has 2 atom stereocenters. The van der Waals surface area contributed by atoms with Gasteiger partial charge in [-0.1, -0.05) is 26.0 Å². The van der Waals surface area contributed by atoms with Crippen molar-refractivity contribution in [3.63, 3.8) is 0 Å². The van der Waals surface area contributed by atoms with Crippen LogP contribution in [-0.2, 0) is 11.2 Å². The number of carbonyl (C=O) groups is 1. The highest BCUT2D eigenvalue weighted by Gasteiger charge is 2.38. The number of aliphatic carboxylic acids is 1. The van der Waals surface area contributed by atoms with E-state index in [2.05, 4.69) is 24.9 Å². The molecule has 1 aromatic carbocycles. The molecule has 1 aromatic heterocycles. The zero-order valence-electron chi connectivity index (χ0n) is 12.5. The molecule has 0 aliphatic heterocycles. The second kappa shape index (κ2) is 5.41. The van der Waals surface area contributed by atoms with E-state index in [0.717, 1.165) is 36.2 Å². The van der Waals surface area contributed by atoms with E-state index < -0.39 is 5.97 Å². The molecule has 1 heterocycles. The van der Waals surface area contributed by atoms with Crippen molar-refractivity contribution in [2.45, 2.75) is 39.5 Å². The van der Waals surface area contributed by atoms with Gasteiger partial charge in [-0.3, -0.25) is 4.79 Å². The molecule has 3 nitrogen and oxygen atoms in total. The van der Waals surface area contributed by atoms with Crippen LogP contribution < -0.4 is 0 Å². The lowest BCUT2D eigenvalue weighted by molar-refractivity contribution is -0.146. The fourth-order valence-corrected chi connectivity index (χ4v) is 4.57. The van der Waals surface area contributed by atoms with Gasteiger partial charge in [0.15, 0.2) is 0 Å². The Hall–Kier alpha value is -1.42. The molecule has 112 valence electrons. The number of rotatable bonds is 3. The predicted octanol–water partition coefficient (Wildman–Crippen LogP) is 4.37. The summed E-state index contributed by atoms with van der Waals surface area (Å²) in [6.07, 6.45) is 3.55. The number of para-hydroxylation sites is 1. The Morgan fingerprint density at radius 2 is 2.19 bits per heavy atom. The molecule has 1 saturated carbocycles. The highest BCUT2D eigenvalue weighted by atomic mass is 32.1. The number of fused-ring (bicyclic) bond motifs is 1. The number of aromatic nitrogens is 1. The maximum Gasteiger partial charge on any atom is 0.306 e. The van der Waals surface area contributed by atoms with Gasteiger partial charge in [0, 0.05) is 6.42 Å². The second-order valence-electron chi connectivity index (χ2n) is 6.89. The first-order valence-corrected chi connectivity index (χ1v) is 8.33. The molecule has 0 saturated heterocycles. The van der Waals surface area contributed by atoms with E-state index >= 15 is 0 Å². The Morgan fingerprint density at radius 3 is 2.90 bits per heavy atom. The zero-order valence-corrected chi connectivity index (χ0v) is 13.3. The Labute approximate surface area is 129 Å². The van der Waals surface area contributed by atoms with Gasteiger partial charge in [-0.2, -0.15) is 0 Å². The van der Waals surface area contributed by atoms with Gasteiger partial charge in [0.05, 0.1) is 21.1 Å². The van der Waals surface area contributed by atoms with E-state index in [1.54, 1.807) is 11.3 Å². The fourth-order valence-electron chi connectivity index (χ4n) is 3.51. The van der Waals surface area contributed by atoms with Crippen molar-refractivity contribution in [1.82, 2.24) is 4.98 Å². The summed E-state index contributed by atoms with van der Waals surface area (Å²) in [5.74, 6) is -0.659. The van der Waals surface area contributed by atoms with Crippen molar-refractivity contribution in [2.24, 2.45) is 17.3 Å². The SMILES string of the molecule is CC1(C)CCC(C(=O)O)C(Cc2nc3ccccc3s2)C1. The van der Waals surface area contributed by atoms with E-state index in [1.807, 2.05) is 18.2 Å². The molecular weight excluding hydrogens is 282 g/mol. The summed E-state index contributed by atoms with van der Waals surface area (Å²) in [6, 6.07) is 8.12. The Morgan fingerprint density at radius 1 is 1.43 bits per heavy atom. The second-order valence-corrected chi connectivity index (χ2v) is 8.01. The number of nitrogens with zero attached hydrogens (tertiary/aromatic N) is 1. The van der Waals surface area contributed by atoms with Crippen LogP contribution in [0.15, 0.2) is 24.3 Å². The minimum Gasteiger partial charge on any atom is -0.481 e. The molecule has 0 spiro atoms. The minimum atomic E-state index is -0.642. The third-order valence-corrected chi connectivity index (χ3v) is 5.67. The van der Waals surface area contributed by atoms with Gasteiger partial charge in [0.25, 0.3) is 0 Å². The lowest BCUT2D eigenvalue weighted by Crippen LogP contribution is -2.35. The molecule has 1 aliphatic carbocycles. The van der Waals surface area contributed by atoms with E-state index in [-0.39, 0.29) is 17.3 Å². The monoisotopic (exact) mass is 303 g/mol. The molecule has 0 radical (unpaired) electrons. The van der Waals surface area contributed by atoms with Gasteiger partial charge in [0.1, 0.15) is 0 Å². The normalized spacial score (nSPS) is 25.0. The van der Waals surface area contributed by atoms with Crippen LogP contribution in [0.25, 0.3) is 10.2 Å².